The minimum absolute atomic E-state index is 0.119. The highest BCUT2D eigenvalue weighted by molar-refractivity contribution is 6.00. The van der Waals surface area contributed by atoms with Gasteiger partial charge >= 0.3 is 18.1 Å². The van der Waals surface area contributed by atoms with E-state index < -0.39 is 29.8 Å². The fraction of sp³-hybridized carbons (Fsp3) is 0.250. The van der Waals surface area contributed by atoms with Gasteiger partial charge in [-0.05, 0) is 30.3 Å². The van der Waals surface area contributed by atoms with Gasteiger partial charge in [0.2, 0.25) is 0 Å². The van der Waals surface area contributed by atoms with Crippen LogP contribution in [0.2, 0.25) is 0 Å². The minimum Gasteiger partial charge on any atom is -0.490 e. The fourth-order valence-electron chi connectivity index (χ4n) is 3.98. The van der Waals surface area contributed by atoms with Crippen LogP contribution in [0.15, 0.2) is 54.7 Å². The Morgan fingerprint density at radius 3 is 2.23 bits per heavy atom. The predicted molar refractivity (Wildman–Crippen MR) is 119 cm³/mol. The number of aromatic nitrogens is 2. The maximum atomic E-state index is 13.2. The van der Waals surface area contributed by atoms with Gasteiger partial charge in [0.15, 0.2) is 11.4 Å². The Morgan fingerprint density at radius 2 is 1.57 bits per heavy atom. The summed E-state index contributed by atoms with van der Waals surface area (Å²) in [4.78, 5) is 33.3. The van der Waals surface area contributed by atoms with E-state index in [0.29, 0.717) is 31.7 Å². The van der Waals surface area contributed by atoms with E-state index in [1.165, 1.54) is 42.6 Å². The van der Waals surface area contributed by atoms with Gasteiger partial charge in [-0.25, -0.2) is 19.6 Å². The monoisotopic (exact) mass is 487 g/mol. The average Bonchev–Trinajstić information content (AvgIpc) is 2.84. The van der Waals surface area contributed by atoms with Gasteiger partial charge in [0.05, 0.1) is 5.56 Å². The summed E-state index contributed by atoms with van der Waals surface area (Å²) in [5.41, 5.74) is -1.19. The van der Waals surface area contributed by atoms with E-state index in [1.54, 1.807) is 6.07 Å². The van der Waals surface area contributed by atoms with E-state index >= 15 is 0 Å². The summed E-state index contributed by atoms with van der Waals surface area (Å²) in [7, 11) is 0. The molecule has 0 aliphatic carbocycles. The third kappa shape index (κ3) is 5.18. The number of alkyl halides is 3. The van der Waals surface area contributed by atoms with Crippen LogP contribution in [0.1, 0.15) is 39.4 Å². The van der Waals surface area contributed by atoms with E-state index in [9.17, 15) is 33.0 Å². The molecule has 0 saturated carbocycles. The highest BCUT2D eigenvalue weighted by atomic mass is 19.4. The van der Waals surface area contributed by atoms with Crippen molar-refractivity contribution in [2.45, 2.75) is 25.1 Å². The predicted octanol–water partition coefficient (Wildman–Crippen LogP) is 4.61. The molecule has 1 aliphatic heterocycles. The number of pyridine rings is 2. The Labute approximate surface area is 197 Å². The second-order valence-electron chi connectivity index (χ2n) is 7.87. The van der Waals surface area contributed by atoms with Crippen molar-refractivity contribution in [1.82, 2.24) is 9.97 Å². The largest absolute Gasteiger partial charge is 0.490 e. The summed E-state index contributed by atoms with van der Waals surface area (Å²) in [6.45, 7) is 0.773. The molecule has 8 nitrogen and oxygen atoms in total. The standard InChI is InChI=1S/C24H20F3N3O5/c25-24(26,27)17-5-1-2-6-18(17)35-14-9-12-30(13-10-14)19-8-7-16(21(29-19)23(33)34)15-4-3-11-28-20(15)22(31)32/h1-8,11,14H,9-10,12-13H2,(H,31,32)(H,33,34). The Morgan fingerprint density at radius 1 is 0.914 bits per heavy atom. The van der Waals surface area contributed by atoms with E-state index in [4.69, 9.17) is 4.74 Å². The van der Waals surface area contributed by atoms with Crippen LogP contribution in [-0.2, 0) is 6.18 Å². The molecule has 3 aromatic rings. The number of hydrogen-bond donors (Lipinski definition) is 2. The van der Waals surface area contributed by atoms with Crippen molar-refractivity contribution in [2.24, 2.45) is 0 Å². The van der Waals surface area contributed by atoms with Gasteiger partial charge in [0.1, 0.15) is 17.7 Å². The first-order valence-corrected chi connectivity index (χ1v) is 10.7. The van der Waals surface area contributed by atoms with Crippen molar-refractivity contribution in [3.05, 3.63) is 71.7 Å². The highest BCUT2D eigenvalue weighted by Gasteiger charge is 2.35. The number of anilines is 1. The maximum Gasteiger partial charge on any atom is 0.419 e. The number of carboxylic acids is 2. The molecule has 2 N–H and O–H groups in total. The van der Waals surface area contributed by atoms with Crippen molar-refractivity contribution in [2.75, 3.05) is 18.0 Å². The first kappa shape index (κ1) is 24.0. The van der Waals surface area contributed by atoms with Crippen LogP contribution in [0.4, 0.5) is 19.0 Å². The molecule has 182 valence electrons. The SMILES string of the molecule is O=C(O)c1ncccc1-c1ccc(N2CCC(Oc3ccccc3C(F)(F)F)CC2)nc1C(=O)O. The zero-order chi connectivity index (χ0) is 25.2. The number of benzene rings is 1. The molecule has 3 heterocycles. The number of halogens is 3. The molecule has 1 fully saturated rings. The van der Waals surface area contributed by atoms with Crippen molar-refractivity contribution >= 4 is 17.8 Å². The zero-order valence-corrected chi connectivity index (χ0v) is 18.2. The molecular weight excluding hydrogens is 467 g/mol. The summed E-state index contributed by atoms with van der Waals surface area (Å²) >= 11 is 0. The minimum atomic E-state index is -4.52. The summed E-state index contributed by atoms with van der Waals surface area (Å²) in [6.07, 6.45) is -2.85. The number of para-hydroxylation sites is 1. The first-order valence-electron chi connectivity index (χ1n) is 10.7. The second kappa shape index (κ2) is 9.61. The molecule has 1 aliphatic rings. The third-order valence-electron chi connectivity index (χ3n) is 5.64. The van der Waals surface area contributed by atoms with E-state index in [0.717, 1.165) is 6.07 Å². The number of hydrogen-bond acceptors (Lipinski definition) is 6. The van der Waals surface area contributed by atoms with Crippen molar-refractivity contribution in [3.8, 4) is 16.9 Å². The van der Waals surface area contributed by atoms with Gasteiger partial charge < -0.3 is 19.8 Å². The van der Waals surface area contributed by atoms with Crippen molar-refractivity contribution in [1.29, 1.82) is 0 Å². The lowest BCUT2D eigenvalue weighted by Crippen LogP contribution is -2.39. The molecule has 1 aromatic carbocycles. The normalized spacial score (nSPS) is 14.5. The summed E-state index contributed by atoms with van der Waals surface area (Å²) in [6, 6.07) is 11.1. The number of piperidine rings is 1. The summed E-state index contributed by atoms with van der Waals surface area (Å²) < 4.78 is 45.3. The number of ether oxygens (including phenoxy) is 1. The second-order valence-corrected chi connectivity index (χ2v) is 7.87. The fourth-order valence-corrected chi connectivity index (χ4v) is 3.98. The maximum absolute atomic E-state index is 13.2. The Kier molecular flexibility index (Phi) is 6.59. The van der Waals surface area contributed by atoms with Crippen LogP contribution in [0.3, 0.4) is 0 Å². The van der Waals surface area contributed by atoms with Gasteiger partial charge in [0.25, 0.3) is 0 Å². The molecule has 2 aromatic heterocycles. The molecule has 4 rings (SSSR count). The molecule has 0 radical (unpaired) electrons. The number of aromatic carboxylic acids is 2. The van der Waals surface area contributed by atoms with Gasteiger partial charge in [-0.2, -0.15) is 13.2 Å². The lowest BCUT2D eigenvalue weighted by molar-refractivity contribution is -0.139. The van der Waals surface area contributed by atoms with Crippen LogP contribution in [0.5, 0.6) is 5.75 Å². The van der Waals surface area contributed by atoms with Crippen LogP contribution in [0, 0.1) is 0 Å². The molecular formula is C24H20F3N3O5. The molecule has 35 heavy (non-hydrogen) atoms. The average molecular weight is 487 g/mol. The molecule has 0 unspecified atom stereocenters. The van der Waals surface area contributed by atoms with Gasteiger partial charge in [-0.15, -0.1) is 0 Å². The number of rotatable bonds is 6. The number of nitrogens with zero attached hydrogens (tertiary/aromatic N) is 3. The Balaban J connectivity index is 1.52. The summed E-state index contributed by atoms with van der Waals surface area (Å²) in [5, 5.41) is 19.1. The van der Waals surface area contributed by atoms with Crippen LogP contribution >= 0.6 is 0 Å². The molecule has 0 spiro atoms. The Bertz CT molecular complexity index is 1260. The van der Waals surface area contributed by atoms with Crippen LogP contribution < -0.4 is 9.64 Å². The van der Waals surface area contributed by atoms with Gasteiger partial charge in [-0.3, -0.25) is 0 Å². The first-order chi connectivity index (χ1) is 16.6. The van der Waals surface area contributed by atoms with E-state index in [2.05, 4.69) is 9.97 Å². The molecule has 11 heteroatoms. The van der Waals surface area contributed by atoms with Crippen molar-refractivity contribution < 1.29 is 37.7 Å². The number of carboxylic acid groups (broad SMARTS) is 2. The molecule has 0 amide bonds. The quantitative estimate of drug-likeness (QED) is 0.519. The van der Waals surface area contributed by atoms with Gasteiger partial charge in [-0.1, -0.05) is 18.2 Å². The van der Waals surface area contributed by atoms with E-state index in [-0.39, 0.29) is 28.3 Å². The lowest BCUT2D eigenvalue weighted by Gasteiger charge is -2.33. The van der Waals surface area contributed by atoms with Crippen molar-refractivity contribution in [3.63, 3.8) is 0 Å². The number of carbonyl (C=O) groups is 2. The van der Waals surface area contributed by atoms with Gasteiger partial charge in [0, 0.05) is 43.3 Å². The molecule has 0 bridgehead atoms. The third-order valence-corrected chi connectivity index (χ3v) is 5.64. The Hall–Kier alpha value is -4.15. The van der Waals surface area contributed by atoms with E-state index in [1.807, 2.05) is 4.90 Å². The summed E-state index contributed by atoms with van der Waals surface area (Å²) in [5.74, 6) is -2.49. The lowest BCUT2D eigenvalue weighted by atomic mass is 10.0. The molecule has 0 atom stereocenters. The molecule has 1 saturated heterocycles. The van der Waals surface area contributed by atoms with Crippen LogP contribution in [0.25, 0.3) is 11.1 Å². The topological polar surface area (TPSA) is 113 Å². The highest BCUT2D eigenvalue weighted by Crippen LogP contribution is 2.37. The van der Waals surface area contributed by atoms with Crippen LogP contribution in [-0.4, -0.2) is 51.3 Å². The smallest absolute Gasteiger partial charge is 0.419 e. The zero-order valence-electron chi connectivity index (χ0n) is 18.2.